The maximum atomic E-state index is 5.96. The lowest BCUT2D eigenvalue weighted by Gasteiger charge is -2.23. The molecule has 0 saturated carbocycles. The Bertz CT molecular complexity index is 665. The third-order valence-electron chi connectivity index (χ3n) is 4.62. The second-order valence-corrected chi connectivity index (χ2v) is 7.74. The predicted molar refractivity (Wildman–Crippen MR) is 90.3 cm³/mol. The molecule has 1 fully saturated rings. The van der Waals surface area contributed by atoms with E-state index in [1.807, 2.05) is 6.20 Å². The number of aryl methyl sites for hydroxylation is 2. The third kappa shape index (κ3) is 3.66. The quantitative estimate of drug-likeness (QED) is 0.867. The van der Waals surface area contributed by atoms with Gasteiger partial charge < -0.3 is 4.42 Å². The average molecular weight is 316 g/mol. The Morgan fingerprint density at radius 1 is 1.30 bits per heavy atom. The van der Waals surface area contributed by atoms with Gasteiger partial charge in [0.1, 0.15) is 5.76 Å². The summed E-state index contributed by atoms with van der Waals surface area (Å²) in [7, 11) is 0. The first-order valence-corrected chi connectivity index (χ1v) is 8.53. The second kappa shape index (κ2) is 6.11. The Balaban J connectivity index is 1.67. The van der Waals surface area contributed by atoms with Gasteiger partial charge >= 0.3 is 0 Å². The van der Waals surface area contributed by atoms with Crippen LogP contribution in [-0.4, -0.2) is 32.3 Å². The lowest BCUT2D eigenvalue weighted by atomic mass is 9.94. The summed E-state index contributed by atoms with van der Waals surface area (Å²) in [6.45, 7) is 13.5. The standard InChI is InChI=1S/C18H28N4O/c1-13-9-14(2)22(20-13)11-15-7-6-8-21(15)12-17-19-10-16(23-17)18(3,4)5/h9-10,15H,6-8,11-12H2,1-5H3/t15-/m0/s1. The molecule has 1 atom stereocenters. The average Bonchev–Trinajstić information content (AvgIpc) is 3.13. The van der Waals surface area contributed by atoms with E-state index in [9.17, 15) is 0 Å². The summed E-state index contributed by atoms with van der Waals surface area (Å²) in [6, 6.07) is 2.65. The fourth-order valence-corrected chi connectivity index (χ4v) is 3.27. The molecule has 2 aromatic rings. The first-order valence-electron chi connectivity index (χ1n) is 8.53. The summed E-state index contributed by atoms with van der Waals surface area (Å²) in [6.07, 6.45) is 4.32. The van der Waals surface area contributed by atoms with E-state index in [0.29, 0.717) is 6.04 Å². The van der Waals surface area contributed by atoms with Gasteiger partial charge in [-0.05, 0) is 39.3 Å². The molecule has 1 saturated heterocycles. The minimum absolute atomic E-state index is 0.0133. The Morgan fingerprint density at radius 3 is 2.70 bits per heavy atom. The van der Waals surface area contributed by atoms with Crippen molar-refractivity contribution in [2.75, 3.05) is 6.54 Å². The fourth-order valence-electron chi connectivity index (χ4n) is 3.27. The molecule has 0 aromatic carbocycles. The van der Waals surface area contributed by atoms with E-state index >= 15 is 0 Å². The van der Waals surface area contributed by atoms with Crippen LogP contribution in [0.2, 0.25) is 0 Å². The van der Waals surface area contributed by atoms with Gasteiger partial charge in [-0.3, -0.25) is 9.58 Å². The van der Waals surface area contributed by atoms with E-state index in [1.165, 1.54) is 18.5 Å². The Kier molecular flexibility index (Phi) is 4.32. The van der Waals surface area contributed by atoms with Gasteiger partial charge in [-0.2, -0.15) is 5.10 Å². The van der Waals surface area contributed by atoms with Gasteiger partial charge in [-0.1, -0.05) is 20.8 Å². The van der Waals surface area contributed by atoms with Gasteiger partial charge in [-0.25, -0.2) is 4.98 Å². The zero-order chi connectivity index (χ0) is 16.6. The van der Waals surface area contributed by atoms with E-state index in [0.717, 1.165) is 37.0 Å². The number of hydrogen-bond donors (Lipinski definition) is 0. The van der Waals surface area contributed by atoms with E-state index < -0.39 is 0 Å². The highest BCUT2D eigenvalue weighted by molar-refractivity contribution is 5.08. The maximum absolute atomic E-state index is 5.96. The van der Waals surface area contributed by atoms with Crippen molar-refractivity contribution in [1.82, 2.24) is 19.7 Å². The topological polar surface area (TPSA) is 47.1 Å². The molecule has 0 bridgehead atoms. The van der Waals surface area contributed by atoms with Crippen LogP contribution in [0.15, 0.2) is 16.7 Å². The SMILES string of the molecule is Cc1cc(C)n(C[C@@H]2CCCN2Cc2ncc(C(C)(C)C)o2)n1. The van der Waals surface area contributed by atoms with Crippen LogP contribution in [0, 0.1) is 13.8 Å². The van der Waals surface area contributed by atoms with Crippen molar-refractivity contribution in [3.63, 3.8) is 0 Å². The molecule has 1 aliphatic rings. The van der Waals surface area contributed by atoms with Crippen molar-refractivity contribution < 1.29 is 4.42 Å². The summed E-state index contributed by atoms with van der Waals surface area (Å²) in [4.78, 5) is 6.96. The zero-order valence-electron chi connectivity index (χ0n) is 15.0. The van der Waals surface area contributed by atoms with Crippen LogP contribution in [0.1, 0.15) is 56.7 Å². The molecule has 3 heterocycles. The van der Waals surface area contributed by atoms with E-state index in [4.69, 9.17) is 4.42 Å². The molecule has 1 aliphatic heterocycles. The van der Waals surface area contributed by atoms with Crippen molar-refractivity contribution >= 4 is 0 Å². The molecule has 2 aromatic heterocycles. The van der Waals surface area contributed by atoms with Gasteiger partial charge in [-0.15, -0.1) is 0 Å². The number of hydrogen-bond acceptors (Lipinski definition) is 4. The lowest BCUT2D eigenvalue weighted by molar-refractivity contribution is 0.195. The predicted octanol–water partition coefficient (Wildman–Crippen LogP) is 3.45. The third-order valence-corrected chi connectivity index (χ3v) is 4.62. The van der Waals surface area contributed by atoms with Crippen molar-refractivity contribution in [3.05, 3.63) is 35.3 Å². The first-order chi connectivity index (χ1) is 10.8. The molecule has 0 aliphatic carbocycles. The molecule has 0 N–H and O–H groups in total. The highest BCUT2D eigenvalue weighted by atomic mass is 16.4. The van der Waals surface area contributed by atoms with Gasteiger partial charge in [0.05, 0.1) is 25.0 Å². The minimum atomic E-state index is 0.0133. The van der Waals surface area contributed by atoms with Crippen LogP contribution in [0.5, 0.6) is 0 Å². The molecule has 0 unspecified atom stereocenters. The molecule has 5 nitrogen and oxygen atoms in total. The molecule has 3 rings (SSSR count). The van der Waals surface area contributed by atoms with Crippen LogP contribution in [0.3, 0.4) is 0 Å². The smallest absolute Gasteiger partial charge is 0.208 e. The Hall–Kier alpha value is -1.62. The number of oxazole rings is 1. The van der Waals surface area contributed by atoms with Crippen LogP contribution in [0.4, 0.5) is 0 Å². The molecule has 0 radical (unpaired) electrons. The lowest BCUT2D eigenvalue weighted by Crippen LogP contribution is -2.33. The van der Waals surface area contributed by atoms with Crippen molar-refractivity contribution in [3.8, 4) is 0 Å². The summed E-state index contributed by atoms with van der Waals surface area (Å²) in [5.41, 5.74) is 2.34. The largest absolute Gasteiger partial charge is 0.444 e. The summed E-state index contributed by atoms with van der Waals surface area (Å²) in [5.74, 6) is 1.79. The molecular weight excluding hydrogens is 288 g/mol. The molecule has 5 heteroatoms. The fraction of sp³-hybridized carbons (Fsp3) is 0.667. The van der Waals surface area contributed by atoms with Gasteiger partial charge in [0.15, 0.2) is 0 Å². The molecule has 0 spiro atoms. The summed E-state index contributed by atoms with van der Waals surface area (Å²) >= 11 is 0. The van der Waals surface area contributed by atoms with Crippen molar-refractivity contribution in [1.29, 1.82) is 0 Å². The monoisotopic (exact) mass is 316 g/mol. The van der Waals surface area contributed by atoms with Crippen molar-refractivity contribution in [2.24, 2.45) is 0 Å². The number of aromatic nitrogens is 3. The highest BCUT2D eigenvalue weighted by Gasteiger charge is 2.27. The van der Waals surface area contributed by atoms with E-state index in [1.54, 1.807) is 0 Å². The van der Waals surface area contributed by atoms with Crippen LogP contribution in [-0.2, 0) is 18.5 Å². The Labute approximate surface area is 138 Å². The number of nitrogens with zero attached hydrogens (tertiary/aromatic N) is 4. The second-order valence-electron chi connectivity index (χ2n) is 7.74. The molecule has 0 amide bonds. The minimum Gasteiger partial charge on any atom is -0.444 e. The van der Waals surface area contributed by atoms with Crippen LogP contribution >= 0.6 is 0 Å². The van der Waals surface area contributed by atoms with Crippen LogP contribution in [0.25, 0.3) is 0 Å². The Morgan fingerprint density at radius 2 is 2.09 bits per heavy atom. The highest BCUT2D eigenvalue weighted by Crippen LogP contribution is 2.25. The number of likely N-dealkylation sites (tertiary alicyclic amines) is 1. The van der Waals surface area contributed by atoms with Gasteiger partial charge in [0.2, 0.25) is 5.89 Å². The summed E-state index contributed by atoms with van der Waals surface area (Å²) in [5, 5.41) is 4.60. The van der Waals surface area contributed by atoms with Gasteiger partial charge in [0, 0.05) is 17.2 Å². The van der Waals surface area contributed by atoms with Crippen molar-refractivity contribution in [2.45, 2.75) is 72.0 Å². The van der Waals surface area contributed by atoms with E-state index in [-0.39, 0.29) is 5.41 Å². The van der Waals surface area contributed by atoms with Crippen LogP contribution < -0.4 is 0 Å². The normalized spacial score (nSPS) is 19.6. The summed E-state index contributed by atoms with van der Waals surface area (Å²) < 4.78 is 8.09. The molecule has 23 heavy (non-hydrogen) atoms. The maximum Gasteiger partial charge on any atom is 0.208 e. The number of rotatable bonds is 4. The first kappa shape index (κ1) is 16.2. The molecular formula is C18H28N4O. The molecule has 126 valence electrons. The zero-order valence-corrected chi connectivity index (χ0v) is 15.0. The van der Waals surface area contributed by atoms with E-state index in [2.05, 4.69) is 60.3 Å². The van der Waals surface area contributed by atoms with Gasteiger partial charge in [0.25, 0.3) is 0 Å².